The predicted octanol–water partition coefficient (Wildman–Crippen LogP) is 6.00. The summed E-state index contributed by atoms with van der Waals surface area (Å²) in [6, 6.07) is 2.47. The second kappa shape index (κ2) is 10.8. The van der Waals surface area contributed by atoms with Gasteiger partial charge in [0.1, 0.15) is 26.5 Å². The first-order valence-electron chi connectivity index (χ1n) is 10.6. The van der Waals surface area contributed by atoms with Crippen LogP contribution in [0.3, 0.4) is 0 Å². The minimum atomic E-state index is -0.846. The fourth-order valence-corrected chi connectivity index (χ4v) is 7.88. The number of thioether (sulfide) groups is 1. The lowest BCUT2D eigenvalue weighted by Gasteiger charge is -2.25. The van der Waals surface area contributed by atoms with Gasteiger partial charge in [0.15, 0.2) is 5.08 Å². The molecule has 3 aromatic heterocycles. The van der Waals surface area contributed by atoms with Gasteiger partial charge in [-0.25, -0.2) is 15.0 Å². The standard InChI is InChI=1S/C22H28N4OS4/c1-4-5-11-31(27)14-30-22-19(18-7-6-9-26(18)3)16(20-24-15(2)13-29-20)12-17(25-22)21-23-8-10-28-21/h8,10,12-13,18H,4-7,9,11,14H2,1-3H3/t18-,31?/m0/s1. The number of nitrogens with zero attached hydrogens (tertiary/aromatic N) is 4. The number of aryl methyl sites for hydroxylation is 1. The van der Waals surface area contributed by atoms with Crippen LogP contribution in [-0.4, -0.2) is 48.8 Å². The number of pyridine rings is 1. The molecule has 1 aliphatic rings. The molecule has 9 heteroatoms. The molecule has 1 aliphatic heterocycles. The van der Waals surface area contributed by atoms with E-state index in [0.29, 0.717) is 11.1 Å². The van der Waals surface area contributed by atoms with Crippen LogP contribution >= 0.6 is 34.4 Å². The first kappa shape index (κ1) is 23.2. The van der Waals surface area contributed by atoms with Crippen LogP contribution < -0.4 is 0 Å². The van der Waals surface area contributed by atoms with Crippen molar-refractivity contribution in [1.29, 1.82) is 0 Å². The lowest BCUT2D eigenvalue weighted by molar-refractivity contribution is 0.314. The fourth-order valence-electron chi connectivity index (χ4n) is 3.84. The highest BCUT2D eigenvalue weighted by atomic mass is 32.3. The van der Waals surface area contributed by atoms with Gasteiger partial charge in [0.2, 0.25) is 0 Å². The van der Waals surface area contributed by atoms with Crippen LogP contribution in [-0.2, 0) is 11.2 Å². The fraction of sp³-hybridized carbons (Fsp3) is 0.500. The summed E-state index contributed by atoms with van der Waals surface area (Å²) in [6.07, 6.45) is 6.18. The third-order valence-electron chi connectivity index (χ3n) is 5.43. The number of hydrogen-bond acceptors (Lipinski definition) is 8. The van der Waals surface area contributed by atoms with Crippen molar-refractivity contribution in [3.63, 3.8) is 0 Å². The molecular weight excluding hydrogens is 465 g/mol. The van der Waals surface area contributed by atoms with E-state index in [0.717, 1.165) is 63.6 Å². The van der Waals surface area contributed by atoms with Crippen molar-refractivity contribution < 1.29 is 4.55 Å². The van der Waals surface area contributed by atoms with Crippen LogP contribution in [0.1, 0.15) is 49.9 Å². The van der Waals surface area contributed by atoms with Gasteiger partial charge in [-0.1, -0.05) is 25.1 Å². The number of rotatable bonds is 9. The molecule has 1 saturated heterocycles. The van der Waals surface area contributed by atoms with E-state index < -0.39 is 11.2 Å². The lowest BCUT2D eigenvalue weighted by Crippen LogP contribution is -2.20. The molecule has 0 spiro atoms. The van der Waals surface area contributed by atoms with E-state index in [1.807, 2.05) is 18.5 Å². The first-order chi connectivity index (χ1) is 15.1. The van der Waals surface area contributed by atoms with Gasteiger partial charge in [-0.2, -0.15) is 0 Å². The molecule has 0 saturated carbocycles. The Balaban J connectivity index is 1.80. The number of aromatic nitrogens is 3. The van der Waals surface area contributed by atoms with Crippen LogP contribution in [0.15, 0.2) is 28.0 Å². The smallest absolute Gasteiger partial charge is 0.156 e. The van der Waals surface area contributed by atoms with Crippen molar-refractivity contribution in [2.75, 3.05) is 24.4 Å². The summed E-state index contributed by atoms with van der Waals surface area (Å²) >= 11 is 4.07. The van der Waals surface area contributed by atoms with Crippen LogP contribution in [0.4, 0.5) is 0 Å². The molecule has 0 amide bonds. The largest absolute Gasteiger partial charge is 0.616 e. The molecule has 1 fully saturated rings. The van der Waals surface area contributed by atoms with Gasteiger partial charge in [-0.05, 0) is 57.0 Å². The zero-order valence-electron chi connectivity index (χ0n) is 18.2. The highest BCUT2D eigenvalue weighted by Crippen LogP contribution is 2.44. The SMILES string of the molecule is CCCC[S+]([O-])CSc1nc(-c2nccs2)cc(-c2nc(C)cs2)c1[C@@H]1CCCN1C. The monoisotopic (exact) mass is 492 g/mol. The molecular formula is C22H28N4OS4. The zero-order valence-corrected chi connectivity index (χ0v) is 21.4. The summed E-state index contributed by atoms with van der Waals surface area (Å²) in [5.41, 5.74) is 4.31. The van der Waals surface area contributed by atoms with Crippen molar-refractivity contribution in [2.45, 2.75) is 50.6 Å². The van der Waals surface area contributed by atoms with Gasteiger partial charge in [0.25, 0.3) is 0 Å². The average molecular weight is 493 g/mol. The molecule has 4 heterocycles. The van der Waals surface area contributed by atoms with E-state index in [-0.39, 0.29) is 0 Å². The molecule has 31 heavy (non-hydrogen) atoms. The molecule has 0 aromatic carbocycles. The molecule has 1 unspecified atom stereocenters. The minimum absolute atomic E-state index is 0.309. The molecule has 3 aromatic rings. The van der Waals surface area contributed by atoms with Gasteiger partial charge < -0.3 is 4.55 Å². The summed E-state index contributed by atoms with van der Waals surface area (Å²) in [6.45, 7) is 5.26. The Hall–Kier alpha value is -0.970. The van der Waals surface area contributed by atoms with Gasteiger partial charge in [-0.15, -0.1) is 22.7 Å². The number of unbranched alkanes of at least 4 members (excludes halogenated alkanes) is 1. The van der Waals surface area contributed by atoms with Gasteiger partial charge >= 0.3 is 0 Å². The van der Waals surface area contributed by atoms with Crippen molar-refractivity contribution in [3.05, 3.63) is 34.3 Å². The summed E-state index contributed by atoms with van der Waals surface area (Å²) in [7, 11) is 2.19. The van der Waals surface area contributed by atoms with Crippen LogP contribution in [0.2, 0.25) is 0 Å². The molecule has 2 atom stereocenters. The van der Waals surface area contributed by atoms with Gasteiger partial charge in [0, 0.05) is 39.8 Å². The summed E-state index contributed by atoms with van der Waals surface area (Å²) < 4.78 is 12.6. The predicted molar refractivity (Wildman–Crippen MR) is 134 cm³/mol. The van der Waals surface area contributed by atoms with Crippen LogP contribution in [0.5, 0.6) is 0 Å². The van der Waals surface area contributed by atoms with E-state index in [4.69, 9.17) is 9.97 Å². The number of thiazole rings is 2. The topological polar surface area (TPSA) is 65.0 Å². The summed E-state index contributed by atoms with van der Waals surface area (Å²) in [5, 5.41) is 7.59. The highest BCUT2D eigenvalue weighted by molar-refractivity contribution is 8.12. The zero-order chi connectivity index (χ0) is 21.8. The Bertz CT molecular complexity index is 992. The van der Waals surface area contributed by atoms with Crippen molar-refractivity contribution in [3.8, 4) is 21.3 Å². The Morgan fingerprint density at radius 3 is 2.81 bits per heavy atom. The first-order valence-corrected chi connectivity index (χ1v) is 14.9. The van der Waals surface area contributed by atoms with Crippen LogP contribution in [0, 0.1) is 6.92 Å². The van der Waals surface area contributed by atoms with Gasteiger partial charge in [-0.3, -0.25) is 4.90 Å². The average Bonchev–Trinajstić information content (AvgIpc) is 3.52. The Morgan fingerprint density at radius 1 is 1.29 bits per heavy atom. The third kappa shape index (κ3) is 5.51. The third-order valence-corrected chi connectivity index (χ3v) is 10.1. The molecule has 4 rings (SSSR count). The van der Waals surface area contributed by atoms with Gasteiger partial charge in [0.05, 0.1) is 0 Å². The van der Waals surface area contributed by atoms with E-state index in [9.17, 15) is 4.55 Å². The minimum Gasteiger partial charge on any atom is -0.616 e. The normalized spacial score (nSPS) is 18.0. The lowest BCUT2D eigenvalue weighted by atomic mass is 10.00. The number of likely N-dealkylation sites (tertiary alicyclic amines) is 1. The molecule has 5 nitrogen and oxygen atoms in total. The molecule has 0 radical (unpaired) electrons. The van der Waals surface area contributed by atoms with E-state index in [2.05, 4.69) is 35.3 Å². The Morgan fingerprint density at radius 2 is 2.16 bits per heavy atom. The molecule has 166 valence electrons. The van der Waals surface area contributed by atoms with E-state index in [1.54, 1.807) is 34.4 Å². The molecule has 0 N–H and O–H groups in total. The quantitative estimate of drug-likeness (QED) is 0.269. The van der Waals surface area contributed by atoms with E-state index >= 15 is 0 Å². The molecule has 0 aliphatic carbocycles. The van der Waals surface area contributed by atoms with Crippen LogP contribution in [0.25, 0.3) is 21.3 Å². The maximum Gasteiger partial charge on any atom is 0.156 e. The Labute approximate surface area is 199 Å². The summed E-state index contributed by atoms with van der Waals surface area (Å²) in [4.78, 5) is 16.8. The summed E-state index contributed by atoms with van der Waals surface area (Å²) in [5.74, 6) is 0.757. The molecule has 0 bridgehead atoms. The highest BCUT2D eigenvalue weighted by Gasteiger charge is 2.31. The maximum atomic E-state index is 12.6. The van der Waals surface area contributed by atoms with E-state index in [1.165, 1.54) is 12.0 Å². The van der Waals surface area contributed by atoms with Crippen molar-refractivity contribution in [2.24, 2.45) is 0 Å². The Kier molecular flexibility index (Phi) is 8.06. The maximum absolute atomic E-state index is 12.6. The second-order valence-electron chi connectivity index (χ2n) is 7.80. The van der Waals surface area contributed by atoms with Crippen molar-refractivity contribution >= 4 is 45.6 Å². The van der Waals surface area contributed by atoms with Crippen molar-refractivity contribution in [1.82, 2.24) is 19.9 Å². The second-order valence-corrected chi connectivity index (χ2v) is 12.5. The number of hydrogen-bond donors (Lipinski definition) is 0.